The summed E-state index contributed by atoms with van der Waals surface area (Å²) in [6.45, 7) is 1.43. The van der Waals surface area contributed by atoms with E-state index in [9.17, 15) is 4.79 Å². The molecule has 3 rings (SSSR count). The molecule has 0 bridgehead atoms. The molecule has 1 aromatic rings. The number of nitrogens with one attached hydrogen (secondary N) is 1. The Labute approximate surface area is 114 Å². The van der Waals surface area contributed by atoms with Crippen molar-refractivity contribution in [1.29, 1.82) is 0 Å². The van der Waals surface area contributed by atoms with E-state index >= 15 is 0 Å². The average Bonchev–Trinajstić information content (AvgIpc) is 3.06. The van der Waals surface area contributed by atoms with Gasteiger partial charge in [0.2, 0.25) is 5.91 Å². The summed E-state index contributed by atoms with van der Waals surface area (Å²) in [6, 6.07) is 6.49. The van der Waals surface area contributed by atoms with Gasteiger partial charge in [0.1, 0.15) is 0 Å². The third-order valence-corrected chi connectivity index (χ3v) is 4.58. The van der Waals surface area contributed by atoms with Crippen LogP contribution in [0, 0.1) is 5.41 Å². The van der Waals surface area contributed by atoms with Crippen LogP contribution in [0.1, 0.15) is 36.0 Å². The summed E-state index contributed by atoms with van der Waals surface area (Å²) >= 11 is 0. The topological polar surface area (TPSA) is 55.1 Å². The number of nitrogens with two attached hydrogens (primary N) is 1. The fourth-order valence-corrected chi connectivity index (χ4v) is 2.90. The van der Waals surface area contributed by atoms with Crippen LogP contribution in [0.3, 0.4) is 0 Å². The Bertz CT molecular complexity index is 492. The standard InChI is InChI=1S/C16H22N2O/c17-10-16(6-7-16)11-18-15(19)9-12-4-5-13-2-1-3-14(13)8-12/h4-5,8H,1-3,6-7,9-11,17H2,(H,18,19). The number of carbonyl (C=O) groups is 1. The zero-order valence-electron chi connectivity index (χ0n) is 11.4. The lowest BCUT2D eigenvalue weighted by Gasteiger charge is -2.13. The van der Waals surface area contributed by atoms with E-state index in [1.807, 2.05) is 0 Å². The Kier molecular flexibility index (Phi) is 3.31. The molecule has 2 aliphatic rings. The number of fused-ring (bicyclic) bond motifs is 1. The van der Waals surface area contributed by atoms with Crippen molar-refractivity contribution in [2.24, 2.45) is 11.1 Å². The van der Waals surface area contributed by atoms with E-state index in [0.29, 0.717) is 13.0 Å². The van der Waals surface area contributed by atoms with Gasteiger partial charge in [-0.1, -0.05) is 18.2 Å². The molecular formula is C16H22N2O. The lowest BCUT2D eigenvalue weighted by Crippen LogP contribution is -2.34. The van der Waals surface area contributed by atoms with E-state index in [1.54, 1.807) is 0 Å². The van der Waals surface area contributed by atoms with E-state index in [0.717, 1.165) is 24.9 Å². The molecule has 19 heavy (non-hydrogen) atoms. The Hall–Kier alpha value is -1.35. The molecule has 3 N–H and O–H groups in total. The molecule has 0 aromatic heterocycles. The quantitative estimate of drug-likeness (QED) is 0.842. The molecule has 0 radical (unpaired) electrons. The molecule has 1 amide bonds. The van der Waals surface area contributed by atoms with Gasteiger partial charge in [0, 0.05) is 6.54 Å². The molecule has 0 saturated heterocycles. The third kappa shape index (κ3) is 2.81. The maximum absolute atomic E-state index is 12.0. The third-order valence-electron chi connectivity index (χ3n) is 4.58. The van der Waals surface area contributed by atoms with E-state index in [2.05, 4.69) is 23.5 Å². The summed E-state index contributed by atoms with van der Waals surface area (Å²) in [5, 5.41) is 3.03. The molecule has 0 aliphatic heterocycles. The lowest BCUT2D eigenvalue weighted by atomic mass is 10.0. The van der Waals surface area contributed by atoms with Crippen LogP contribution < -0.4 is 11.1 Å². The minimum Gasteiger partial charge on any atom is -0.355 e. The summed E-state index contributed by atoms with van der Waals surface area (Å²) in [6.07, 6.45) is 6.42. The second-order valence-electron chi connectivity index (χ2n) is 6.11. The Morgan fingerprint density at radius 1 is 1.26 bits per heavy atom. The van der Waals surface area contributed by atoms with Gasteiger partial charge in [-0.2, -0.15) is 0 Å². The van der Waals surface area contributed by atoms with Crippen LogP contribution in [-0.4, -0.2) is 19.0 Å². The number of rotatable bonds is 5. The summed E-state index contributed by atoms with van der Waals surface area (Å²) in [5.41, 5.74) is 9.97. The number of carbonyl (C=O) groups excluding carboxylic acids is 1. The Morgan fingerprint density at radius 2 is 2.05 bits per heavy atom. The van der Waals surface area contributed by atoms with Crippen LogP contribution >= 0.6 is 0 Å². The summed E-state index contributed by atoms with van der Waals surface area (Å²) in [4.78, 5) is 12.0. The molecule has 0 unspecified atom stereocenters. The number of hydrogen-bond donors (Lipinski definition) is 2. The van der Waals surface area contributed by atoms with E-state index < -0.39 is 0 Å². The molecule has 0 atom stereocenters. The van der Waals surface area contributed by atoms with Crippen molar-refractivity contribution in [1.82, 2.24) is 5.32 Å². The highest BCUT2D eigenvalue weighted by molar-refractivity contribution is 5.78. The van der Waals surface area contributed by atoms with Crippen LogP contribution in [0.5, 0.6) is 0 Å². The van der Waals surface area contributed by atoms with Crippen LogP contribution in [-0.2, 0) is 24.1 Å². The summed E-state index contributed by atoms with van der Waals surface area (Å²) in [5.74, 6) is 0.123. The maximum atomic E-state index is 12.0. The van der Waals surface area contributed by atoms with Crippen molar-refractivity contribution < 1.29 is 4.79 Å². The van der Waals surface area contributed by atoms with Gasteiger partial charge >= 0.3 is 0 Å². The first-order valence-corrected chi connectivity index (χ1v) is 7.28. The molecule has 3 heteroatoms. The smallest absolute Gasteiger partial charge is 0.224 e. The van der Waals surface area contributed by atoms with Gasteiger partial charge in [0.25, 0.3) is 0 Å². The van der Waals surface area contributed by atoms with Gasteiger partial charge in [-0.3, -0.25) is 4.79 Å². The zero-order valence-corrected chi connectivity index (χ0v) is 11.4. The largest absolute Gasteiger partial charge is 0.355 e. The maximum Gasteiger partial charge on any atom is 0.224 e. The Balaban J connectivity index is 1.54. The average molecular weight is 258 g/mol. The molecule has 102 valence electrons. The van der Waals surface area contributed by atoms with Gasteiger partial charge in [0.15, 0.2) is 0 Å². The predicted molar refractivity (Wildman–Crippen MR) is 75.9 cm³/mol. The number of benzene rings is 1. The highest BCUT2D eigenvalue weighted by Crippen LogP contribution is 2.43. The Morgan fingerprint density at radius 3 is 2.79 bits per heavy atom. The summed E-state index contributed by atoms with van der Waals surface area (Å²) in [7, 11) is 0. The monoisotopic (exact) mass is 258 g/mol. The molecule has 0 spiro atoms. The number of aryl methyl sites for hydroxylation is 2. The van der Waals surface area contributed by atoms with Crippen molar-refractivity contribution in [2.75, 3.05) is 13.1 Å². The van der Waals surface area contributed by atoms with E-state index in [1.165, 1.54) is 30.4 Å². The van der Waals surface area contributed by atoms with Gasteiger partial charge in [-0.15, -0.1) is 0 Å². The van der Waals surface area contributed by atoms with Crippen molar-refractivity contribution in [3.63, 3.8) is 0 Å². The van der Waals surface area contributed by atoms with Gasteiger partial charge in [-0.25, -0.2) is 0 Å². The highest BCUT2D eigenvalue weighted by atomic mass is 16.1. The first-order chi connectivity index (χ1) is 9.21. The van der Waals surface area contributed by atoms with Crippen LogP contribution in [0.4, 0.5) is 0 Å². The van der Waals surface area contributed by atoms with Crippen molar-refractivity contribution in [2.45, 2.75) is 38.5 Å². The molecule has 0 heterocycles. The van der Waals surface area contributed by atoms with Crippen LogP contribution in [0.2, 0.25) is 0 Å². The lowest BCUT2D eigenvalue weighted by molar-refractivity contribution is -0.120. The number of amides is 1. The molecule has 1 fully saturated rings. The van der Waals surface area contributed by atoms with Crippen LogP contribution in [0.25, 0.3) is 0 Å². The molecular weight excluding hydrogens is 236 g/mol. The van der Waals surface area contributed by atoms with Gasteiger partial charge in [-0.05, 0) is 60.8 Å². The SMILES string of the molecule is NCC1(CNC(=O)Cc2ccc3c(c2)CCC3)CC1. The summed E-state index contributed by atoms with van der Waals surface area (Å²) < 4.78 is 0. The van der Waals surface area contributed by atoms with Crippen molar-refractivity contribution >= 4 is 5.91 Å². The van der Waals surface area contributed by atoms with Crippen molar-refractivity contribution in [3.05, 3.63) is 34.9 Å². The first kappa shape index (κ1) is 12.7. The van der Waals surface area contributed by atoms with Gasteiger partial charge in [0.05, 0.1) is 6.42 Å². The fraction of sp³-hybridized carbons (Fsp3) is 0.562. The normalized spacial score (nSPS) is 19.0. The zero-order chi connectivity index (χ0) is 13.3. The second-order valence-corrected chi connectivity index (χ2v) is 6.11. The number of hydrogen-bond acceptors (Lipinski definition) is 2. The predicted octanol–water partition coefficient (Wildman–Crippen LogP) is 1.57. The molecule has 3 nitrogen and oxygen atoms in total. The highest BCUT2D eigenvalue weighted by Gasteiger charge is 2.41. The minimum absolute atomic E-state index is 0.123. The van der Waals surface area contributed by atoms with E-state index in [-0.39, 0.29) is 11.3 Å². The van der Waals surface area contributed by atoms with E-state index in [4.69, 9.17) is 5.73 Å². The fourth-order valence-electron chi connectivity index (χ4n) is 2.90. The molecule has 2 aliphatic carbocycles. The minimum atomic E-state index is 0.123. The molecule has 1 saturated carbocycles. The second kappa shape index (κ2) is 4.97. The van der Waals surface area contributed by atoms with Gasteiger partial charge < -0.3 is 11.1 Å². The van der Waals surface area contributed by atoms with Crippen LogP contribution in [0.15, 0.2) is 18.2 Å². The van der Waals surface area contributed by atoms with Crippen molar-refractivity contribution in [3.8, 4) is 0 Å². The first-order valence-electron chi connectivity index (χ1n) is 7.28. The molecule has 1 aromatic carbocycles.